The van der Waals surface area contributed by atoms with Crippen LogP contribution in [0.5, 0.6) is 5.75 Å². The van der Waals surface area contributed by atoms with Crippen molar-refractivity contribution in [2.45, 2.75) is 51.3 Å². The van der Waals surface area contributed by atoms with Gasteiger partial charge in [0.05, 0.1) is 24.7 Å². The van der Waals surface area contributed by atoms with Gasteiger partial charge in [-0.3, -0.25) is 9.59 Å². The maximum atomic E-state index is 12.9. The lowest BCUT2D eigenvalue weighted by Crippen LogP contribution is -2.49. The molecule has 0 saturated carbocycles. The molecule has 184 valence electrons. The smallest absolute Gasteiger partial charge is 0.255 e. The molecule has 0 radical (unpaired) electrons. The van der Waals surface area contributed by atoms with E-state index in [4.69, 9.17) is 4.74 Å². The summed E-state index contributed by atoms with van der Waals surface area (Å²) in [5.74, 6) is 0.267. The third-order valence-electron chi connectivity index (χ3n) is 6.45. The molecule has 3 N–H and O–H groups in total. The zero-order chi connectivity index (χ0) is 23.2. The van der Waals surface area contributed by atoms with Gasteiger partial charge in [0.15, 0.2) is 0 Å². The van der Waals surface area contributed by atoms with Gasteiger partial charge in [-0.1, -0.05) is 30.3 Å². The molecule has 2 aromatic rings. The third kappa shape index (κ3) is 6.29. The number of nitrogens with zero attached hydrogens (tertiary/aromatic N) is 1. The Morgan fingerprint density at radius 3 is 2.65 bits per heavy atom. The number of ether oxygens (including phenoxy) is 1. The van der Waals surface area contributed by atoms with Crippen molar-refractivity contribution in [1.82, 2.24) is 15.5 Å². The Morgan fingerprint density at radius 1 is 1.18 bits per heavy atom. The Labute approximate surface area is 207 Å². The molecule has 0 aromatic heterocycles. The Balaban J connectivity index is 0.00000324. The molecule has 0 unspecified atom stereocenters. The Hall–Kier alpha value is -2.61. The highest BCUT2D eigenvalue weighted by Gasteiger charge is 2.25. The van der Waals surface area contributed by atoms with Crippen LogP contribution in [-0.2, 0) is 24.2 Å². The number of nitrogens with one attached hydrogen (secondary N) is 2. The van der Waals surface area contributed by atoms with Crippen molar-refractivity contribution in [3.63, 3.8) is 0 Å². The molecule has 1 fully saturated rings. The number of fused-ring (bicyclic) bond motifs is 1. The van der Waals surface area contributed by atoms with Gasteiger partial charge in [-0.2, -0.15) is 0 Å². The lowest BCUT2D eigenvalue weighted by molar-refractivity contribution is -0.129. The van der Waals surface area contributed by atoms with Crippen LogP contribution in [0.25, 0.3) is 0 Å². The fourth-order valence-corrected chi connectivity index (χ4v) is 4.58. The molecule has 1 saturated heterocycles. The second-order valence-corrected chi connectivity index (χ2v) is 8.77. The van der Waals surface area contributed by atoms with Gasteiger partial charge in [0.1, 0.15) is 5.75 Å². The van der Waals surface area contributed by atoms with E-state index in [1.54, 1.807) is 18.2 Å². The number of amides is 2. The first-order chi connectivity index (χ1) is 16.0. The van der Waals surface area contributed by atoms with Gasteiger partial charge in [-0.05, 0) is 55.0 Å². The van der Waals surface area contributed by atoms with Crippen molar-refractivity contribution in [3.05, 3.63) is 64.7 Å². The molecule has 2 aromatic carbocycles. The number of aliphatic hydroxyl groups is 1. The molecule has 0 bridgehead atoms. The van der Waals surface area contributed by atoms with Gasteiger partial charge in [0.2, 0.25) is 5.91 Å². The zero-order valence-corrected chi connectivity index (χ0v) is 20.4. The standard InChI is InChI=1S/C26H33N3O4.ClH/c1-2-33-24-13-18(14-25(31)29-11-5-6-12-29)9-10-21(24)26(32)28-17-23(30)22-15-19-7-3-4-8-20(19)16-27-22;/h3-4,7-10,13,22-23,27,30H,2,5-6,11-12,14-17H2,1H3,(H,28,32);1H/t22-,23+;/m0./s1. The Kier molecular flexibility index (Phi) is 9.33. The van der Waals surface area contributed by atoms with Crippen molar-refractivity contribution < 1.29 is 19.4 Å². The van der Waals surface area contributed by atoms with Crippen LogP contribution in [0.2, 0.25) is 0 Å². The largest absolute Gasteiger partial charge is 0.493 e. The number of hydrogen-bond acceptors (Lipinski definition) is 5. The first-order valence-corrected chi connectivity index (χ1v) is 11.8. The first kappa shape index (κ1) is 26.0. The Bertz CT molecular complexity index is 994. The lowest BCUT2D eigenvalue weighted by Gasteiger charge is -2.30. The molecule has 2 amide bonds. The minimum Gasteiger partial charge on any atom is -0.493 e. The van der Waals surface area contributed by atoms with E-state index in [2.05, 4.69) is 22.8 Å². The maximum absolute atomic E-state index is 12.9. The van der Waals surface area contributed by atoms with Crippen LogP contribution in [0.4, 0.5) is 0 Å². The fourth-order valence-electron chi connectivity index (χ4n) is 4.58. The van der Waals surface area contributed by atoms with E-state index in [1.165, 1.54) is 11.1 Å². The number of carbonyl (C=O) groups excluding carboxylic acids is 2. The van der Waals surface area contributed by atoms with Crippen LogP contribution >= 0.6 is 12.4 Å². The molecule has 7 nitrogen and oxygen atoms in total. The normalized spacial score (nSPS) is 17.9. The summed E-state index contributed by atoms with van der Waals surface area (Å²) in [6, 6.07) is 13.4. The molecule has 2 aliphatic rings. The number of carbonyl (C=O) groups is 2. The lowest BCUT2D eigenvalue weighted by atomic mass is 9.93. The van der Waals surface area contributed by atoms with Gasteiger partial charge in [0, 0.05) is 32.2 Å². The van der Waals surface area contributed by atoms with Crippen molar-refractivity contribution in [1.29, 1.82) is 0 Å². The molecule has 2 aliphatic heterocycles. The van der Waals surface area contributed by atoms with Crippen molar-refractivity contribution in [2.24, 2.45) is 0 Å². The van der Waals surface area contributed by atoms with E-state index in [1.807, 2.05) is 24.0 Å². The van der Waals surface area contributed by atoms with E-state index < -0.39 is 6.10 Å². The zero-order valence-electron chi connectivity index (χ0n) is 19.6. The van der Waals surface area contributed by atoms with Crippen LogP contribution in [0.15, 0.2) is 42.5 Å². The summed E-state index contributed by atoms with van der Waals surface area (Å²) in [4.78, 5) is 27.2. The summed E-state index contributed by atoms with van der Waals surface area (Å²) >= 11 is 0. The number of likely N-dealkylation sites (tertiary alicyclic amines) is 1. The minimum absolute atomic E-state index is 0. The average molecular weight is 488 g/mol. The fraction of sp³-hybridized carbons (Fsp3) is 0.462. The topological polar surface area (TPSA) is 90.9 Å². The minimum atomic E-state index is -0.713. The maximum Gasteiger partial charge on any atom is 0.255 e. The first-order valence-electron chi connectivity index (χ1n) is 11.8. The summed E-state index contributed by atoms with van der Waals surface area (Å²) in [6.07, 6.45) is 2.43. The monoisotopic (exact) mass is 487 g/mol. The molecule has 0 aliphatic carbocycles. The van der Waals surface area contributed by atoms with Gasteiger partial charge in [-0.15, -0.1) is 12.4 Å². The van der Waals surface area contributed by atoms with Crippen LogP contribution in [-0.4, -0.2) is 60.2 Å². The average Bonchev–Trinajstić information content (AvgIpc) is 3.38. The summed E-state index contributed by atoms with van der Waals surface area (Å²) < 4.78 is 5.71. The summed E-state index contributed by atoms with van der Waals surface area (Å²) in [6.45, 7) is 4.76. The number of benzene rings is 2. The number of hydrogen-bond donors (Lipinski definition) is 3. The number of aliphatic hydroxyl groups excluding tert-OH is 1. The van der Waals surface area contributed by atoms with E-state index >= 15 is 0 Å². The van der Waals surface area contributed by atoms with E-state index in [0.717, 1.165) is 37.9 Å². The summed E-state index contributed by atoms with van der Waals surface area (Å²) in [5.41, 5.74) is 3.71. The molecule has 2 atom stereocenters. The van der Waals surface area contributed by atoms with Gasteiger partial charge in [0.25, 0.3) is 5.91 Å². The Morgan fingerprint density at radius 2 is 1.91 bits per heavy atom. The highest BCUT2D eigenvalue weighted by Crippen LogP contribution is 2.23. The molecular weight excluding hydrogens is 454 g/mol. The van der Waals surface area contributed by atoms with E-state index in [9.17, 15) is 14.7 Å². The van der Waals surface area contributed by atoms with Gasteiger partial charge < -0.3 is 25.4 Å². The molecule has 4 rings (SSSR count). The van der Waals surface area contributed by atoms with Crippen molar-refractivity contribution in [3.8, 4) is 5.75 Å². The SMILES string of the molecule is CCOc1cc(CC(=O)N2CCCC2)ccc1C(=O)NC[C@@H](O)[C@@H]1Cc2ccccc2CN1.Cl. The van der Waals surface area contributed by atoms with Gasteiger partial charge >= 0.3 is 0 Å². The predicted octanol–water partition coefficient (Wildman–Crippen LogP) is 2.48. The van der Waals surface area contributed by atoms with Crippen molar-refractivity contribution >= 4 is 24.2 Å². The van der Waals surface area contributed by atoms with Crippen LogP contribution in [0.1, 0.15) is 46.8 Å². The molecule has 8 heteroatoms. The molecular formula is C26H34ClN3O4. The number of halogens is 1. The highest BCUT2D eigenvalue weighted by atomic mass is 35.5. The quantitative estimate of drug-likeness (QED) is 0.532. The van der Waals surface area contributed by atoms with Crippen LogP contribution in [0, 0.1) is 0 Å². The van der Waals surface area contributed by atoms with E-state index in [-0.39, 0.29) is 36.8 Å². The third-order valence-corrected chi connectivity index (χ3v) is 6.45. The predicted molar refractivity (Wildman–Crippen MR) is 133 cm³/mol. The second kappa shape index (κ2) is 12.2. The van der Waals surface area contributed by atoms with E-state index in [0.29, 0.717) is 30.9 Å². The molecule has 0 spiro atoms. The van der Waals surface area contributed by atoms with Crippen LogP contribution < -0.4 is 15.4 Å². The molecule has 34 heavy (non-hydrogen) atoms. The highest BCUT2D eigenvalue weighted by molar-refractivity contribution is 5.97. The van der Waals surface area contributed by atoms with Gasteiger partial charge in [-0.25, -0.2) is 0 Å². The summed E-state index contributed by atoms with van der Waals surface area (Å²) in [5, 5.41) is 16.9. The van der Waals surface area contributed by atoms with Crippen molar-refractivity contribution in [2.75, 3.05) is 26.2 Å². The molecule has 2 heterocycles. The van der Waals surface area contributed by atoms with Crippen LogP contribution in [0.3, 0.4) is 0 Å². The summed E-state index contributed by atoms with van der Waals surface area (Å²) in [7, 11) is 0. The number of rotatable bonds is 8. The second-order valence-electron chi connectivity index (χ2n) is 8.77.